The first-order chi connectivity index (χ1) is 10.1. The quantitative estimate of drug-likeness (QED) is 0.861. The van der Waals surface area contributed by atoms with E-state index in [9.17, 15) is 4.79 Å². The molecule has 2 N–H and O–H groups in total. The number of carbonyl (C=O) groups is 1. The Morgan fingerprint density at radius 1 is 1.24 bits per heavy atom. The highest BCUT2D eigenvalue weighted by molar-refractivity contribution is 6.31. The van der Waals surface area contributed by atoms with Gasteiger partial charge in [-0.1, -0.05) is 29.8 Å². The Morgan fingerprint density at radius 3 is 2.67 bits per heavy atom. The van der Waals surface area contributed by atoms with Crippen LogP contribution in [0.5, 0.6) is 0 Å². The number of rotatable bonds is 6. The van der Waals surface area contributed by atoms with Crippen LogP contribution in [-0.4, -0.2) is 11.9 Å². The van der Waals surface area contributed by atoms with Gasteiger partial charge in [-0.25, -0.2) is 0 Å². The zero-order valence-electron chi connectivity index (χ0n) is 12.1. The fraction of sp³-hybridized carbons (Fsp3) is 0.312. The van der Waals surface area contributed by atoms with Crippen molar-refractivity contribution in [2.75, 3.05) is 0 Å². The molecule has 0 fully saturated rings. The second-order valence-corrected chi connectivity index (χ2v) is 5.34. The number of benzene rings is 1. The monoisotopic (exact) mass is 306 g/mol. The fourth-order valence-corrected chi connectivity index (χ4v) is 2.41. The van der Waals surface area contributed by atoms with Crippen LogP contribution in [0.15, 0.2) is 47.1 Å². The van der Waals surface area contributed by atoms with Crippen molar-refractivity contribution in [1.82, 2.24) is 10.6 Å². The molecule has 0 saturated heterocycles. The third kappa shape index (κ3) is 4.34. The predicted molar refractivity (Wildman–Crippen MR) is 83.0 cm³/mol. The van der Waals surface area contributed by atoms with Crippen molar-refractivity contribution in [2.45, 2.75) is 32.5 Å². The largest absolute Gasteiger partial charge is 0.467 e. The third-order valence-electron chi connectivity index (χ3n) is 3.28. The van der Waals surface area contributed by atoms with Gasteiger partial charge in [-0.15, -0.1) is 0 Å². The minimum absolute atomic E-state index is 0.0111. The zero-order chi connectivity index (χ0) is 15.2. The van der Waals surface area contributed by atoms with E-state index in [0.717, 1.165) is 11.3 Å². The maximum absolute atomic E-state index is 12.0. The molecule has 4 nitrogen and oxygen atoms in total. The van der Waals surface area contributed by atoms with Crippen LogP contribution in [0.2, 0.25) is 5.02 Å². The third-order valence-corrected chi connectivity index (χ3v) is 3.63. The number of carbonyl (C=O) groups excluding carboxylic acids is 1. The lowest BCUT2D eigenvalue weighted by Gasteiger charge is -2.20. The summed E-state index contributed by atoms with van der Waals surface area (Å²) in [7, 11) is 0. The highest BCUT2D eigenvalue weighted by Gasteiger charge is 2.17. The Kier molecular flexibility index (Phi) is 5.42. The average Bonchev–Trinajstić information content (AvgIpc) is 2.98. The molecule has 0 aliphatic heterocycles. The molecule has 0 spiro atoms. The summed E-state index contributed by atoms with van der Waals surface area (Å²) in [6.45, 7) is 4.20. The summed E-state index contributed by atoms with van der Waals surface area (Å²) in [6.07, 6.45) is 1.59. The van der Waals surface area contributed by atoms with Gasteiger partial charge in [-0.3, -0.25) is 10.1 Å². The molecule has 0 aliphatic carbocycles. The number of halogens is 1. The molecule has 1 heterocycles. The van der Waals surface area contributed by atoms with E-state index in [1.165, 1.54) is 0 Å². The lowest BCUT2D eigenvalue weighted by molar-refractivity contribution is -0.123. The molecule has 1 aromatic heterocycles. The Hall–Kier alpha value is -1.78. The highest BCUT2D eigenvalue weighted by Crippen LogP contribution is 2.22. The number of furan rings is 1. The van der Waals surface area contributed by atoms with Gasteiger partial charge in [0.25, 0.3) is 0 Å². The van der Waals surface area contributed by atoms with E-state index in [4.69, 9.17) is 16.0 Å². The SMILES string of the molecule is CC(N[C@H](C)c1ccccc1Cl)C(=O)NCc1ccco1. The summed E-state index contributed by atoms with van der Waals surface area (Å²) in [5.41, 5.74) is 0.977. The topological polar surface area (TPSA) is 54.3 Å². The van der Waals surface area contributed by atoms with Gasteiger partial charge < -0.3 is 9.73 Å². The van der Waals surface area contributed by atoms with E-state index in [-0.39, 0.29) is 18.0 Å². The summed E-state index contributed by atoms with van der Waals surface area (Å²) >= 11 is 6.16. The molecule has 1 unspecified atom stereocenters. The van der Waals surface area contributed by atoms with Gasteiger partial charge in [0.15, 0.2) is 0 Å². The van der Waals surface area contributed by atoms with Crippen molar-refractivity contribution in [3.8, 4) is 0 Å². The Balaban J connectivity index is 1.87. The van der Waals surface area contributed by atoms with E-state index < -0.39 is 0 Å². The standard InChI is InChI=1S/C16H19ClN2O2/c1-11(14-7-3-4-8-15(14)17)19-12(2)16(20)18-10-13-6-5-9-21-13/h3-9,11-12,19H,10H2,1-2H3,(H,18,20)/t11-,12?/m1/s1. The number of amides is 1. The molecule has 0 saturated carbocycles. The maximum Gasteiger partial charge on any atom is 0.237 e. The molecule has 1 aromatic carbocycles. The molecule has 0 aliphatic rings. The van der Waals surface area contributed by atoms with Crippen molar-refractivity contribution < 1.29 is 9.21 Å². The first-order valence-corrected chi connectivity index (χ1v) is 7.26. The van der Waals surface area contributed by atoms with Crippen LogP contribution < -0.4 is 10.6 Å². The smallest absolute Gasteiger partial charge is 0.237 e. The molecule has 5 heteroatoms. The first-order valence-electron chi connectivity index (χ1n) is 6.88. The summed E-state index contributed by atoms with van der Waals surface area (Å²) in [5.74, 6) is 0.653. The summed E-state index contributed by atoms with van der Waals surface area (Å²) in [4.78, 5) is 12.0. The molecule has 0 bridgehead atoms. The van der Waals surface area contributed by atoms with Crippen molar-refractivity contribution in [3.05, 3.63) is 59.0 Å². The number of hydrogen-bond acceptors (Lipinski definition) is 3. The molecule has 2 aromatic rings. The molecule has 2 atom stereocenters. The van der Waals surface area contributed by atoms with Gasteiger partial charge >= 0.3 is 0 Å². The fourth-order valence-electron chi connectivity index (χ4n) is 2.11. The van der Waals surface area contributed by atoms with Crippen LogP contribution in [0.3, 0.4) is 0 Å². The van der Waals surface area contributed by atoms with Gasteiger partial charge in [0.1, 0.15) is 5.76 Å². The van der Waals surface area contributed by atoms with Gasteiger partial charge in [-0.05, 0) is 37.6 Å². The van der Waals surface area contributed by atoms with E-state index >= 15 is 0 Å². The van der Waals surface area contributed by atoms with E-state index in [1.54, 1.807) is 12.3 Å². The lowest BCUT2D eigenvalue weighted by atomic mass is 10.1. The molecule has 112 valence electrons. The van der Waals surface area contributed by atoms with E-state index in [1.807, 2.05) is 44.2 Å². The van der Waals surface area contributed by atoms with E-state index in [2.05, 4.69) is 10.6 Å². The van der Waals surface area contributed by atoms with Crippen LogP contribution in [-0.2, 0) is 11.3 Å². The number of hydrogen-bond donors (Lipinski definition) is 2. The van der Waals surface area contributed by atoms with Crippen LogP contribution in [0.1, 0.15) is 31.2 Å². The van der Waals surface area contributed by atoms with Crippen molar-refractivity contribution in [3.63, 3.8) is 0 Å². The van der Waals surface area contributed by atoms with Crippen molar-refractivity contribution >= 4 is 17.5 Å². The van der Waals surface area contributed by atoms with Crippen LogP contribution >= 0.6 is 11.6 Å². The molecular weight excluding hydrogens is 288 g/mol. The molecule has 1 amide bonds. The second kappa shape index (κ2) is 7.29. The van der Waals surface area contributed by atoms with Crippen LogP contribution in [0.25, 0.3) is 0 Å². The average molecular weight is 307 g/mol. The minimum Gasteiger partial charge on any atom is -0.467 e. The minimum atomic E-state index is -0.328. The molecular formula is C16H19ClN2O2. The zero-order valence-corrected chi connectivity index (χ0v) is 12.9. The highest BCUT2D eigenvalue weighted by atomic mass is 35.5. The Bertz CT molecular complexity index is 584. The van der Waals surface area contributed by atoms with Gasteiger partial charge in [0, 0.05) is 11.1 Å². The van der Waals surface area contributed by atoms with E-state index in [0.29, 0.717) is 11.6 Å². The van der Waals surface area contributed by atoms with Crippen molar-refractivity contribution in [1.29, 1.82) is 0 Å². The second-order valence-electron chi connectivity index (χ2n) is 4.93. The first kappa shape index (κ1) is 15.6. The van der Waals surface area contributed by atoms with Gasteiger partial charge in [0.05, 0.1) is 18.8 Å². The summed E-state index contributed by atoms with van der Waals surface area (Å²) in [5, 5.41) is 6.76. The molecule has 21 heavy (non-hydrogen) atoms. The predicted octanol–water partition coefficient (Wildman–Crippen LogP) is 3.29. The van der Waals surface area contributed by atoms with Gasteiger partial charge in [-0.2, -0.15) is 0 Å². The van der Waals surface area contributed by atoms with Crippen LogP contribution in [0.4, 0.5) is 0 Å². The van der Waals surface area contributed by atoms with Crippen molar-refractivity contribution in [2.24, 2.45) is 0 Å². The summed E-state index contributed by atoms with van der Waals surface area (Å²) < 4.78 is 5.18. The lowest BCUT2D eigenvalue weighted by Crippen LogP contribution is -2.42. The molecule has 0 radical (unpaired) electrons. The number of nitrogens with one attached hydrogen (secondary N) is 2. The maximum atomic E-state index is 12.0. The Morgan fingerprint density at radius 2 is 2.00 bits per heavy atom. The van der Waals surface area contributed by atoms with Gasteiger partial charge in [0.2, 0.25) is 5.91 Å². The Labute approximate surface area is 129 Å². The summed E-state index contributed by atoms with van der Waals surface area (Å²) in [6, 6.07) is 10.9. The molecule has 2 rings (SSSR count). The van der Waals surface area contributed by atoms with Crippen LogP contribution in [0, 0.1) is 0 Å². The normalized spacial score (nSPS) is 13.7.